The smallest absolute Gasteiger partial charge is 0.321 e. The third-order valence-corrected chi connectivity index (χ3v) is 0.907. The molecule has 0 fully saturated rings. The van der Waals surface area contributed by atoms with Gasteiger partial charge in [0.05, 0.1) is 0 Å². The number of aliphatic carboxylic acids is 1. The van der Waals surface area contributed by atoms with E-state index in [1.165, 1.54) is 0 Å². The van der Waals surface area contributed by atoms with Crippen molar-refractivity contribution in [2.45, 2.75) is 6.04 Å². The lowest BCUT2D eigenvalue weighted by atomic mass is 10.4. The van der Waals surface area contributed by atoms with Crippen LogP contribution in [0.4, 0.5) is 0 Å². The van der Waals surface area contributed by atoms with E-state index in [1.807, 2.05) is 0 Å². The Morgan fingerprint density at radius 2 is 2.25 bits per heavy atom. The van der Waals surface area contributed by atoms with Gasteiger partial charge in [-0.05, 0) is 0 Å². The maximum Gasteiger partial charge on any atom is 0.321 e. The van der Waals surface area contributed by atoms with Crippen LogP contribution in [0.1, 0.15) is 0 Å². The van der Waals surface area contributed by atoms with E-state index >= 15 is 0 Å². The second-order valence-corrected chi connectivity index (χ2v) is 1.49. The van der Waals surface area contributed by atoms with Crippen molar-refractivity contribution in [3.8, 4) is 0 Å². The van der Waals surface area contributed by atoms with E-state index in [4.69, 9.17) is 10.8 Å². The molecule has 1 atom stereocenters. The lowest BCUT2D eigenvalue weighted by Gasteiger charge is -1.96. The van der Waals surface area contributed by atoms with Crippen molar-refractivity contribution in [1.29, 1.82) is 0 Å². The quantitative estimate of drug-likeness (QED) is 0.468. The topological polar surface area (TPSA) is 63.3 Å². The van der Waals surface area contributed by atoms with Crippen molar-refractivity contribution in [1.82, 2.24) is 0 Å². The van der Waals surface area contributed by atoms with Gasteiger partial charge in [0.15, 0.2) is 0 Å². The van der Waals surface area contributed by atoms with Gasteiger partial charge in [-0.1, -0.05) is 0 Å². The van der Waals surface area contributed by atoms with Gasteiger partial charge in [0, 0.05) is 5.75 Å². The minimum Gasteiger partial charge on any atom is -0.480 e. The number of nitrogens with two attached hydrogens (primary N) is 1. The van der Waals surface area contributed by atoms with Gasteiger partial charge in [-0.2, -0.15) is 26.1 Å². The average Bonchev–Trinajstić information content (AvgIpc) is 1.65. The van der Waals surface area contributed by atoms with Crippen molar-refractivity contribution in [2.75, 3.05) is 5.75 Å². The fourth-order valence-electron chi connectivity index (χ4n) is 0.0781. The van der Waals surface area contributed by atoms with Gasteiger partial charge in [-0.15, -0.1) is 0 Å². The Kier molecular flexibility index (Phi) is 7.25. The van der Waals surface area contributed by atoms with Crippen LogP contribution < -0.4 is 5.73 Å². The summed E-state index contributed by atoms with van der Waals surface area (Å²) in [4.78, 5) is 9.76. The Bertz CT molecular complexity index is 77.7. The van der Waals surface area contributed by atoms with Crippen molar-refractivity contribution >= 4 is 32.1 Å². The summed E-state index contributed by atoms with van der Waals surface area (Å²) in [5.74, 6) is -0.815. The third-order valence-electron chi connectivity index (χ3n) is 0.514. The minimum atomic E-state index is -1.00. The van der Waals surface area contributed by atoms with E-state index in [1.54, 1.807) is 0 Å². The molecule has 0 aliphatic heterocycles. The Labute approximate surface area is 60.1 Å². The highest BCUT2D eigenvalue weighted by molar-refractivity contribution is 7.80. The standard InChI is InChI=1S/C3H7NO2S.H2S/c4-2(1-7)3(5)6;/h2,7H,1,4H2,(H,5,6);1H2/t2-;/m0./s1. The van der Waals surface area contributed by atoms with Gasteiger partial charge < -0.3 is 10.8 Å². The molecule has 0 saturated heterocycles. The molecule has 0 spiro atoms. The molecule has 0 heterocycles. The first-order chi connectivity index (χ1) is 3.18. The number of carboxylic acids is 1. The molecule has 0 rings (SSSR count). The summed E-state index contributed by atoms with van der Waals surface area (Å²) in [5, 5.41) is 8.01. The van der Waals surface area contributed by atoms with Crippen LogP contribution >= 0.6 is 26.1 Å². The summed E-state index contributed by atoms with van der Waals surface area (Å²) < 4.78 is 0. The molecule has 0 aromatic heterocycles. The Morgan fingerprint density at radius 3 is 2.25 bits per heavy atom. The normalized spacial score (nSPS) is 11.8. The zero-order chi connectivity index (χ0) is 5.86. The summed E-state index contributed by atoms with van der Waals surface area (Å²) in [6.07, 6.45) is 0. The summed E-state index contributed by atoms with van der Waals surface area (Å²) in [7, 11) is 0. The van der Waals surface area contributed by atoms with E-state index < -0.39 is 12.0 Å². The Morgan fingerprint density at radius 1 is 1.88 bits per heavy atom. The average molecular weight is 155 g/mol. The maximum absolute atomic E-state index is 9.76. The summed E-state index contributed by atoms with van der Waals surface area (Å²) >= 11 is 3.65. The molecule has 3 N–H and O–H groups in total. The molecule has 0 radical (unpaired) electrons. The molecule has 0 saturated carbocycles. The number of hydrogen-bond donors (Lipinski definition) is 3. The van der Waals surface area contributed by atoms with Gasteiger partial charge in [-0.25, -0.2) is 0 Å². The first kappa shape index (κ1) is 11.0. The van der Waals surface area contributed by atoms with Gasteiger partial charge >= 0.3 is 5.97 Å². The van der Waals surface area contributed by atoms with Crippen LogP contribution in [0.15, 0.2) is 0 Å². The van der Waals surface area contributed by atoms with E-state index in [0.29, 0.717) is 0 Å². The van der Waals surface area contributed by atoms with Crippen molar-refractivity contribution in [2.24, 2.45) is 5.73 Å². The SMILES string of the molecule is N[C@@H](CS)C(=O)O.S. The van der Waals surface area contributed by atoms with Gasteiger partial charge in [0.2, 0.25) is 0 Å². The fourth-order valence-corrected chi connectivity index (χ4v) is 0.234. The van der Waals surface area contributed by atoms with Crippen LogP contribution in [0.5, 0.6) is 0 Å². The summed E-state index contributed by atoms with van der Waals surface area (Å²) in [5.41, 5.74) is 4.94. The molecule has 50 valence electrons. The molecule has 0 aliphatic carbocycles. The maximum atomic E-state index is 9.76. The van der Waals surface area contributed by atoms with E-state index in [9.17, 15) is 4.79 Å². The first-order valence-corrected chi connectivity index (χ1v) is 2.41. The molecule has 0 amide bonds. The van der Waals surface area contributed by atoms with E-state index in [-0.39, 0.29) is 19.2 Å². The van der Waals surface area contributed by atoms with Crippen molar-refractivity contribution < 1.29 is 9.90 Å². The monoisotopic (exact) mass is 155 g/mol. The van der Waals surface area contributed by atoms with Gasteiger partial charge in [0.25, 0.3) is 0 Å². The minimum absolute atomic E-state index is 0. The molecule has 8 heavy (non-hydrogen) atoms. The van der Waals surface area contributed by atoms with E-state index in [0.717, 1.165) is 0 Å². The second-order valence-electron chi connectivity index (χ2n) is 1.13. The number of thiol groups is 1. The molecule has 0 aromatic carbocycles. The Balaban J connectivity index is 0. The van der Waals surface area contributed by atoms with Crippen LogP contribution in [0.25, 0.3) is 0 Å². The van der Waals surface area contributed by atoms with Crippen molar-refractivity contribution in [3.05, 3.63) is 0 Å². The zero-order valence-electron chi connectivity index (χ0n) is 4.16. The van der Waals surface area contributed by atoms with Crippen LogP contribution in [-0.2, 0) is 4.79 Å². The molecule has 0 unspecified atom stereocenters. The van der Waals surface area contributed by atoms with Gasteiger partial charge in [-0.3, -0.25) is 4.79 Å². The summed E-state index contributed by atoms with van der Waals surface area (Å²) in [6, 6.07) is -0.816. The number of hydrogen-bond acceptors (Lipinski definition) is 3. The number of carbonyl (C=O) groups is 1. The molecule has 5 heteroatoms. The molecular weight excluding hydrogens is 146 g/mol. The highest BCUT2D eigenvalue weighted by Crippen LogP contribution is 1.80. The largest absolute Gasteiger partial charge is 0.480 e. The van der Waals surface area contributed by atoms with Crippen LogP contribution in [-0.4, -0.2) is 22.9 Å². The predicted molar refractivity (Wildman–Crippen MR) is 39.8 cm³/mol. The highest BCUT2D eigenvalue weighted by atomic mass is 32.1. The van der Waals surface area contributed by atoms with Gasteiger partial charge in [0.1, 0.15) is 6.04 Å². The fraction of sp³-hybridized carbons (Fsp3) is 0.667. The molecule has 0 aliphatic rings. The van der Waals surface area contributed by atoms with Crippen LogP contribution in [0, 0.1) is 0 Å². The Hall–Kier alpha value is 0.130. The third kappa shape index (κ3) is 4.29. The molecule has 0 aromatic rings. The molecular formula is C3H9NO2S2. The van der Waals surface area contributed by atoms with Crippen LogP contribution in [0.2, 0.25) is 0 Å². The molecule has 3 nitrogen and oxygen atoms in total. The highest BCUT2D eigenvalue weighted by Gasteiger charge is 2.06. The van der Waals surface area contributed by atoms with Crippen molar-refractivity contribution in [3.63, 3.8) is 0 Å². The zero-order valence-corrected chi connectivity index (χ0v) is 6.06. The lowest BCUT2D eigenvalue weighted by molar-refractivity contribution is -0.137. The lowest BCUT2D eigenvalue weighted by Crippen LogP contribution is -2.31. The second kappa shape index (κ2) is 5.27. The molecule has 0 bridgehead atoms. The van der Waals surface area contributed by atoms with E-state index in [2.05, 4.69) is 12.6 Å². The number of carboxylic acid groups (broad SMARTS) is 1. The first-order valence-electron chi connectivity index (χ1n) is 1.77. The van der Waals surface area contributed by atoms with Crippen LogP contribution in [0.3, 0.4) is 0 Å². The number of rotatable bonds is 2. The summed E-state index contributed by atoms with van der Waals surface area (Å²) in [6.45, 7) is 0. The predicted octanol–water partition coefficient (Wildman–Crippen LogP) is -0.559.